The van der Waals surface area contributed by atoms with E-state index in [4.69, 9.17) is 23.2 Å². The summed E-state index contributed by atoms with van der Waals surface area (Å²) in [6, 6.07) is 8.94. The summed E-state index contributed by atoms with van der Waals surface area (Å²) in [6.07, 6.45) is -3.93. The third-order valence-electron chi connectivity index (χ3n) is 3.66. The van der Waals surface area contributed by atoms with Crippen LogP contribution in [0.3, 0.4) is 0 Å². The average Bonchev–Trinajstić information content (AvgIpc) is 2.58. The molecule has 2 rings (SSSR count). The number of alkyl halides is 3. The molecule has 0 saturated heterocycles. The Kier molecular flexibility index (Phi) is 6.84. The standard InChI is InChI=1S/C17H15Cl2F3N2O3S/c1-28(26,27)24(15-8-12(17(20,21)22)6-7-14(15)19)10-16(25)23-9-11-4-2-3-5-13(11)18/h2-8H,9-10H2,1H3,(H,23,25). The molecule has 28 heavy (non-hydrogen) atoms. The van der Waals surface area contributed by atoms with E-state index in [0.29, 0.717) is 21.0 Å². The van der Waals surface area contributed by atoms with Gasteiger partial charge in [-0.3, -0.25) is 9.10 Å². The number of anilines is 1. The molecule has 0 unspecified atom stereocenters. The van der Waals surface area contributed by atoms with Crippen molar-refractivity contribution in [1.82, 2.24) is 5.32 Å². The minimum absolute atomic E-state index is 0.0203. The zero-order valence-electron chi connectivity index (χ0n) is 14.4. The molecule has 0 atom stereocenters. The lowest BCUT2D eigenvalue weighted by Gasteiger charge is -2.24. The molecule has 11 heteroatoms. The molecule has 0 saturated carbocycles. The second-order valence-electron chi connectivity index (χ2n) is 5.80. The van der Waals surface area contributed by atoms with E-state index in [1.165, 1.54) is 0 Å². The van der Waals surface area contributed by atoms with Gasteiger partial charge in [0.15, 0.2) is 0 Å². The van der Waals surface area contributed by atoms with E-state index < -0.39 is 39.9 Å². The van der Waals surface area contributed by atoms with Crippen molar-refractivity contribution in [1.29, 1.82) is 0 Å². The van der Waals surface area contributed by atoms with E-state index in [9.17, 15) is 26.4 Å². The predicted molar refractivity (Wildman–Crippen MR) is 102 cm³/mol. The van der Waals surface area contributed by atoms with Crippen LogP contribution < -0.4 is 9.62 Å². The molecule has 1 N–H and O–H groups in total. The highest BCUT2D eigenvalue weighted by Crippen LogP contribution is 2.36. The summed E-state index contributed by atoms with van der Waals surface area (Å²) in [5.74, 6) is -0.737. The Bertz CT molecular complexity index is 982. The van der Waals surface area contributed by atoms with Crippen LogP contribution in [-0.2, 0) is 27.5 Å². The van der Waals surface area contributed by atoms with E-state index in [0.717, 1.165) is 18.4 Å². The molecule has 5 nitrogen and oxygen atoms in total. The van der Waals surface area contributed by atoms with Crippen LogP contribution in [-0.4, -0.2) is 27.1 Å². The van der Waals surface area contributed by atoms with Gasteiger partial charge in [0, 0.05) is 11.6 Å². The van der Waals surface area contributed by atoms with Crippen molar-refractivity contribution in [2.45, 2.75) is 12.7 Å². The molecule has 2 aromatic carbocycles. The van der Waals surface area contributed by atoms with Gasteiger partial charge in [0.1, 0.15) is 6.54 Å². The van der Waals surface area contributed by atoms with Gasteiger partial charge in [0.05, 0.1) is 22.5 Å². The van der Waals surface area contributed by atoms with Gasteiger partial charge in [-0.05, 0) is 29.8 Å². The molecule has 0 spiro atoms. The van der Waals surface area contributed by atoms with Crippen LogP contribution in [0.4, 0.5) is 18.9 Å². The number of amides is 1. The van der Waals surface area contributed by atoms with Crippen LogP contribution in [0, 0.1) is 0 Å². The summed E-state index contributed by atoms with van der Waals surface area (Å²) in [5.41, 5.74) is -0.926. The lowest BCUT2D eigenvalue weighted by molar-refractivity contribution is -0.137. The van der Waals surface area contributed by atoms with Gasteiger partial charge in [0.2, 0.25) is 15.9 Å². The van der Waals surface area contributed by atoms with Gasteiger partial charge >= 0.3 is 6.18 Å². The van der Waals surface area contributed by atoms with Crippen molar-refractivity contribution < 1.29 is 26.4 Å². The summed E-state index contributed by atoms with van der Waals surface area (Å²) in [7, 11) is -4.09. The lowest BCUT2D eigenvalue weighted by Crippen LogP contribution is -2.40. The van der Waals surface area contributed by atoms with Crippen molar-refractivity contribution in [2.24, 2.45) is 0 Å². The average molecular weight is 455 g/mol. The highest BCUT2D eigenvalue weighted by molar-refractivity contribution is 7.92. The summed E-state index contributed by atoms with van der Waals surface area (Å²) >= 11 is 11.9. The number of carbonyl (C=O) groups excluding carboxylic acids is 1. The third-order valence-corrected chi connectivity index (χ3v) is 5.48. The summed E-state index contributed by atoms with van der Waals surface area (Å²) in [6.45, 7) is -0.725. The van der Waals surface area contributed by atoms with Crippen LogP contribution in [0.2, 0.25) is 10.0 Å². The molecular weight excluding hydrogens is 440 g/mol. The lowest BCUT2D eigenvalue weighted by atomic mass is 10.2. The molecule has 0 aromatic heterocycles. The molecule has 0 fully saturated rings. The van der Waals surface area contributed by atoms with Crippen LogP contribution in [0.25, 0.3) is 0 Å². The number of rotatable bonds is 6. The maximum absolute atomic E-state index is 13.0. The highest BCUT2D eigenvalue weighted by atomic mass is 35.5. The van der Waals surface area contributed by atoms with Crippen molar-refractivity contribution in [3.05, 3.63) is 63.6 Å². The number of nitrogens with zero attached hydrogens (tertiary/aromatic N) is 1. The van der Waals surface area contributed by atoms with Crippen LogP contribution >= 0.6 is 23.2 Å². The summed E-state index contributed by atoms with van der Waals surface area (Å²) in [4.78, 5) is 12.2. The van der Waals surface area contributed by atoms with Crippen LogP contribution in [0.15, 0.2) is 42.5 Å². The molecule has 0 aliphatic heterocycles. The fraction of sp³-hybridized carbons (Fsp3) is 0.235. The SMILES string of the molecule is CS(=O)(=O)N(CC(=O)NCc1ccccc1Cl)c1cc(C(F)(F)F)ccc1Cl. The molecule has 0 aliphatic rings. The van der Waals surface area contributed by atoms with Crippen molar-refractivity contribution >= 4 is 44.8 Å². The van der Waals surface area contributed by atoms with Crippen molar-refractivity contribution in [3.63, 3.8) is 0 Å². The Morgan fingerprint density at radius 3 is 2.32 bits per heavy atom. The van der Waals surface area contributed by atoms with Gasteiger partial charge in [-0.1, -0.05) is 41.4 Å². The van der Waals surface area contributed by atoms with Crippen LogP contribution in [0.5, 0.6) is 0 Å². The monoisotopic (exact) mass is 454 g/mol. The van der Waals surface area contributed by atoms with Gasteiger partial charge < -0.3 is 5.32 Å². The van der Waals surface area contributed by atoms with E-state index in [2.05, 4.69) is 5.32 Å². The smallest absolute Gasteiger partial charge is 0.350 e. The second kappa shape index (κ2) is 8.59. The van der Waals surface area contributed by atoms with Gasteiger partial charge in [-0.2, -0.15) is 13.2 Å². The minimum atomic E-state index is -4.70. The quantitative estimate of drug-likeness (QED) is 0.714. The number of hydrogen-bond acceptors (Lipinski definition) is 3. The van der Waals surface area contributed by atoms with E-state index >= 15 is 0 Å². The van der Waals surface area contributed by atoms with Crippen LogP contribution in [0.1, 0.15) is 11.1 Å². The van der Waals surface area contributed by atoms with Crippen molar-refractivity contribution in [3.8, 4) is 0 Å². The molecular formula is C17H15Cl2F3N2O3S. The third kappa shape index (κ3) is 5.76. The van der Waals surface area contributed by atoms with Crippen molar-refractivity contribution in [2.75, 3.05) is 17.1 Å². The van der Waals surface area contributed by atoms with E-state index in [1.54, 1.807) is 24.3 Å². The number of sulfonamides is 1. The Labute approximate surface area is 170 Å². The second-order valence-corrected chi connectivity index (χ2v) is 8.52. The van der Waals surface area contributed by atoms with Gasteiger partial charge in [-0.25, -0.2) is 8.42 Å². The zero-order chi connectivity index (χ0) is 21.1. The molecule has 0 heterocycles. The Morgan fingerprint density at radius 2 is 1.75 bits per heavy atom. The zero-order valence-corrected chi connectivity index (χ0v) is 16.8. The minimum Gasteiger partial charge on any atom is -0.350 e. The van der Waals surface area contributed by atoms with E-state index in [-0.39, 0.29) is 11.6 Å². The van der Waals surface area contributed by atoms with Gasteiger partial charge in [-0.15, -0.1) is 0 Å². The molecule has 0 bridgehead atoms. The molecule has 1 amide bonds. The van der Waals surface area contributed by atoms with Gasteiger partial charge in [0.25, 0.3) is 0 Å². The molecule has 152 valence electrons. The van der Waals surface area contributed by atoms with E-state index in [1.807, 2.05) is 0 Å². The predicted octanol–water partition coefficient (Wildman–Crippen LogP) is 4.09. The molecule has 2 aromatic rings. The topological polar surface area (TPSA) is 66.5 Å². The first-order valence-corrected chi connectivity index (χ1v) is 10.3. The summed E-state index contributed by atoms with van der Waals surface area (Å²) < 4.78 is 63.6. The Morgan fingerprint density at radius 1 is 1.11 bits per heavy atom. The number of halogens is 5. The maximum Gasteiger partial charge on any atom is 0.416 e. The fourth-order valence-electron chi connectivity index (χ4n) is 2.28. The highest BCUT2D eigenvalue weighted by Gasteiger charge is 2.33. The first-order valence-electron chi connectivity index (χ1n) is 7.74. The molecule has 0 radical (unpaired) electrons. The fourth-order valence-corrected chi connectivity index (χ4v) is 3.62. The Hall–Kier alpha value is -1.97. The molecule has 0 aliphatic carbocycles. The Balaban J connectivity index is 2.26. The maximum atomic E-state index is 13.0. The normalized spacial score (nSPS) is 11.9. The largest absolute Gasteiger partial charge is 0.416 e. The first kappa shape index (κ1) is 22.3. The number of carbonyl (C=O) groups is 1. The number of benzene rings is 2. The summed E-state index contributed by atoms with van der Waals surface area (Å²) in [5, 5.41) is 2.65. The number of nitrogens with one attached hydrogen (secondary N) is 1. The number of hydrogen-bond donors (Lipinski definition) is 1. The first-order chi connectivity index (χ1) is 12.9.